The summed E-state index contributed by atoms with van der Waals surface area (Å²) in [5, 5.41) is 0. The summed E-state index contributed by atoms with van der Waals surface area (Å²) in [6.07, 6.45) is 4.87. The lowest BCUT2D eigenvalue weighted by molar-refractivity contribution is 0.0505. The van der Waals surface area contributed by atoms with Gasteiger partial charge >= 0.3 is 0 Å². The Kier molecular flexibility index (Phi) is 7.40. The number of hydrogen-bond acceptors (Lipinski definition) is 3. The molecule has 0 saturated carbocycles. The highest BCUT2D eigenvalue weighted by Crippen LogP contribution is 2.31. The van der Waals surface area contributed by atoms with Gasteiger partial charge in [0.1, 0.15) is 6.10 Å². The average Bonchev–Trinajstić information content (AvgIpc) is 2.88. The summed E-state index contributed by atoms with van der Waals surface area (Å²) >= 11 is 3.71. The molecule has 35 heavy (non-hydrogen) atoms. The molecule has 2 aromatic heterocycles. The van der Waals surface area contributed by atoms with Gasteiger partial charge in [-0.3, -0.25) is 0 Å². The van der Waals surface area contributed by atoms with Crippen molar-refractivity contribution in [2.75, 3.05) is 6.61 Å². The van der Waals surface area contributed by atoms with E-state index < -0.39 is 0 Å². The van der Waals surface area contributed by atoms with Crippen molar-refractivity contribution < 1.29 is 4.74 Å². The number of rotatable bonds is 4. The van der Waals surface area contributed by atoms with E-state index in [1.165, 1.54) is 11.1 Å². The van der Waals surface area contributed by atoms with Gasteiger partial charge in [0.25, 0.3) is 0 Å². The quantitative estimate of drug-likeness (QED) is 0.270. The Morgan fingerprint density at radius 2 is 1.49 bits per heavy atom. The topological polar surface area (TPSA) is 35.0 Å². The molecule has 3 nitrogen and oxygen atoms in total. The Labute approximate surface area is 216 Å². The van der Waals surface area contributed by atoms with E-state index in [2.05, 4.69) is 115 Å². The van der Waals surface area contributed by atoms with Crippen LogP contribution in [0.4, 0.5) is 0 Å². The highest BCUT2D eigenvalue weighted by molar-refractivity contribution is 9.10. The Morgan fingerprint density at radius 1 is 0.829 bits per heavy atom. The van der Waals surface area contributed by atoms with Crippen LogP contribution in [0.25, 0.3) is 22.5 Å². The number of pyridine rings is 2. The second-order valence-corrected chi connectivity index (χ2v) is 10.3. The van der Waals surface area contributed by atoms with Crippen LogP contribution in [0.15, 0.2) is 83.3 Å². The molecule has 8 bridgehead atoms. The van der Waals surface area contributed by atoms with Crippen LogP contribution in [-0.2, 0) is 17.6 Å². The summed E-state index contributed by atoms with van der Waals surface area (Å²) in [5.41, 5.74) is 8.43. The highest BCUT2D eigenvalue weighted by Gasteiger charge is 2.21. The van der Waals surface area contributed by atoms with E-state index in [1.54, 1.807) is 0 Å². The molecule has 4 aromatic rings. The second kappa shape index (κ2) is 10.8. The molecule has 0 amide bonds. The minimum absolute atomic E-state index is 0.333. The van der Waals surface area contributed by atoms with Crippen molar-refractivity contribution in [1.82, 2.24) is 9.97 Å². The van der Waals surface area contributed by atoms with Gasteiger partial charge in [-0.05, 0) is 84.8 Å². The molecule has 0 N–H and O–H groups in total. The fraction of sp³-hybridized carbons (Fsp3) is 0.258. The van der Waals surface area contributed by atoms with Crippen LogP contribution in [0.5, 0.6) is 0 Å². The first-order valence-electron chi connectivity index (χ1n) is 12.4. The van der Waals surface area contributed by atoms with E-state index in [1.807, 2.05) is 0 Å². The minimum Gasteiger partial charge on any atom is -0.365 e. The number of hydrogen-bond donors (Lipinski definition) is 0. The standard InChI is InChI=1S/C31H30BrN2O/c1-3-21(2)20-35-31-29-14-6-12-27(33-29)24-11-5-9-22(16-24)8-4-10-23-17-25(19-26(32)18-23)28-13-7-15-30(31)34-28/h4-7,9,11-19,21,31H,3,8,10,20H2,1-2H3. The van der Waals surface area contributed by atoms with Crippen molar-refractivity contribution in [2.24, 2.45) is 5.92 Å². The third kappa shape index (κ3) is 5.71. The van der Waals surface area contributed by atoms with Gasteiger partial charge in [0.15, 0.2) is 0 Å². The third-order valence-corrected chi connectivity index (χ3v) is 7.02. The van der Waals surface area contributed by atoms with Crippen molar-refractivity contribution in [3.05, 3.63) is 112 Å². The van der Waals surface area contributed by atoms with Crippen molar-refractivity contribution in [3.8, 4) is 22.5 Å². The Hall–Kier alpha value is -2.82. The van der Waals surface area contributed by atoms with Crippen molar-refractivity contribution in [1.29, 1.82) is 0 Å². The van der Waals surface area contributed by atoms with Crippen LogP contribution in [0.2, 0.25) is 0 Å². The fourth-order valence-corrected chi connectivity index (χ4v) is 4.94. The first-order valence-corrected chi connectivity index (χ1v) is 13.1. The average molecular weight is 526 g/mol. The maximum atomic E-state index is 6.51. The smallest absolute Gasteiger partial charge is 0.141 e. The summed E-state index contributed by atoms with van der Waals surface area (Å²) in [7, 11) is 0. The van der Waals surface area contributed by atoms with E-state index in [9.17, 15) is 0 Å². The van der Waals surface area contributed by atoms with E-state index in [-0.39, 0.29) is 6.10 Å². The third-order valence-electron chi connectivity index (χ3n) is 6.56. The van der Waals surface area contributed by atoms with Crippen LogP contribution < -0.4 is 0 Å². The number of fused-ring (bicyclic) bond motifs is 10. The predicted molar refractivity (Wildman–Crippen MR) is 146 cm³/mol. The SMILES string of the molecule is CCC(C)COC1c2cccc(n2)-c2cccc(c2)C[CH]Cc2cc(Br)cc(c2)-c2cccc1n2. The van der Waals surface area contributed by atoms with Crippen molar-refractivity contribution in [2.45, 2.75) is 39.2 Å². The largest absolute Gasteiger partial charge is 0.365 e. The van der Waals surface area contributed by atoms with Gasteiger partial charge in [0.05, 0.1) is 29.4 Å². The molecular weight excluding hydrogens is 496 g/mol. The molecule has 4 heteroatoms. The molecule has 177 valence electrons. The Bertz CT molecular complexity index is 1320. The zero-order valence-corrected chi connectivity index (χ0v) is 21.8. The van der Waals surface area contributed by atoms with Crippen LogP contribution in [-0.4, -0.2) is 16.6 Å². The second-order valence-electron chi connectivity index (χ2n) is 9.37. The maximum absolute atomic E-state index is 6.51. The molecule has 0 saturated heterocycles. The molecular formula is C31H30BrN2O. The monoisotopic (exact) mass is 525 g/mol. The summed E-state index contributed by atoms with van der Waals surface area (Å²) in [5.74, 6) is 0.460. The number of benzene rings is 2. The number of aromatic nitrogens is 2. The van der Waals surface area contributed by atoms with E-state index in [0.717, 1.165) is 57.6 Å². The summed E-state index contributed by atoms with van der Waals surface area (Å²) in [6.45, 7) is 5.07. The number of ether oxygens (including phenoxy) is 1. The Morgan fingerprint density at radius 3 is 2.23 bits per heavy atom. The van der Waals surface area contributed by atoms with Crippen LogP contribution in [0.3, 0.4) is 0 Å². The highest BCUT2D eigenvalue weighted by atomic mass is 79.9. The molecule has 1 aliphatic heterocycles. The minimum atomic E-state index is -0.333. The van der Waals surface area contributed by atoms with Gasteiger partial charge in [0, 0.05) is 15.6 Å². The van der Waals surface area contributed by atoms with Crippen LogP contribution in [0.1, 0.15) is 48.9 Å². The van der Waals surface area contributed by atoms with Gasteiger partial charge in [-0.1, -0.05) is 66.5 Å². The van der Waals surface area contributed by atoms with E-state index >= 15 is 0 Å². The summed E-state index contributed by atoms with van der Waals surface area (Å²) < 4.78 is 7.58. The van der Waals surface area contributed by atoms with Gasteiger partial charge < -0.3 is 4.74 Å². The molecule has 3 heterocycles. The molecule has 1 aliphatic rings. The summed E-state index contributed by atoms with van der Waals surface area (Å²) in [6, 6.07) is 27.6. The normalized spacial score (nSPS) is 16.0. The first kappa shape index (κ1) is 23.9. The molecule has 2 aromatic carbocycles. The summed E-state index contributed by atoms with van der Waals surface area (Å²) in [4.78, 5) is 10.2. The molecule has 1 radical (unpaired) electrons. The fourth-order valence-electron chi connectivity index (χ4n) is 4.40. The maximum Gasteiger partial charge on any atom is 0.141 e. The van der Waals surface area contributed by atoms with E-state index in [0.29, 0.717) is 12.5 Å². The zero-order chi connectivity index (χ0) is 24.2. The zero-order valence-electron chi connectivity index (χ0n) is 20.2. The molecule has 0 spiro atoms. The lowest BCUT2D eigenvalue weighted by atomic mass is 9.99. The van der Waals surface area contributed by atoms with Gasteiger partial charge in [0.2, 0.25) is 0 Å². The lowest BCUT2D eigenvalue weighted by Crippen LogP contribution is -2.15. The molecule has 2 atom stereocenters. The lowest BCUT2D eigenvalue weighted by Gasteiger charge is -2.21. The first-order chi connectivity index (χ1) is 17.1. The molecule has 2 unspecified atom stereocenters. The molecule has 0 fully saturated rings. The molecule has 0 aliphatic carbocycles. The van der Waals surface area contributed by atoms with Gasteiger partial charge in [-0.15, -0.1) is 0 Å². The molecule has 5 rings (SSSR count). The number of nitrogens with zero attached hydrogens (tertiary/aromatic N) is 2. The van der Waals surface area contributed by atoms with Crippen LogP contribution >= 0.6 is 15.9 Å². The van der Waals surface area contributed by atoms with Gasteiger partial charge in [-0.2, -0.15) is 0 Å². The predicted octanol–water partition coefficient (Wildman–Crippen LogP) is 8.03. The van der Waals surface area contributed by atoms with Gasteiger partial charge in [-0.25, -0.2) is 9.97 Å². The van der Waals surface area contributed by atoms with Crippen LogP contribution in [0, 0.1) is 12.3 Å². The van der Waals surface area contributed by atoms with Crippen molar-refractivity contribution in [3.63, 3.8) is 0 Å². The number of halogens is 1. The van der Waals surface area contributed by atoms with E-state index in [4.69, 9.17) is 14.7 Å². The van der Waals surface area contributed by atoms with Crippen molar-refractivity contribution >= 4 is 15.9 Å². The Balaban J connectivity index is 1.66.